The number of likely N-dealkylation sites (N-methyl/N-ethyl adjacent to an activating group) is 1. The third kappa shape index (κ3) is 6.32. The van der Waals surface area contributed by atoms with E-state index in [1.807, 2.05) is 24.4 Å². The standard InChI is InChI=1S/C35H50FN5O4/c1-39(16-12-24-8-4-5-13-37-24)35(43)27-22-41-29-11-10-23-7-2-3-9-25(23)33(29)45-34-30(28(36)21-26(31(34)41)32(27)42)38-14-6-15-40-17-19-44-20-18-40/h4-5,8,13,22-23,25-26,28-31,33-34,38H,2-3,6-7,9-12,14-21H2,1H3. The third-order valence-corrected chi connectivity index (χ3v) is 11.6. The lowest BCUT2D eigenvalue weighted by atomic mass is 9.64. The van der Waals surface area contributed by atoms with Gasteiger partial charge in [-0.1, -0.05) is 25.3 Å². The number of morpholine rings is 2. The number of rotatable bonds is 9. The van der Waals surface area contributed by atoms with Crippen LogP contribution in [-0.4, -0.2) is 121 Å². The van der Waals surface area contributed by atoms with Crippen molar-refractivity contribution >= 4 is 11.7 Å². The van der Waals surface area contributed by atoms with Gasteiger partial charge in [0.25, 0.3) is 5.91 Å². The lowest BCUT2D eigenvalue weighted by Gasteiger charge is -2.61. The lowest BCUT2D eigenvalue weighted by molar-refractivity contribution is -0.220. The highest BCUT2D eigenvalue weighted by molar-refractivity contribution is 6.20. The number of hydrogen-bond acceptors (Lipinski definition) is 8. The van der Waals surface area contributed by atoms with Gasteiger partial charge in [-0.25, -0.2) is 4.39 Å². The van der Waals surface area contributed by atoms with Crippen molar-refractivity contribution in [2.75, 3.05) is 53.0 Å². The second kappa shape index (κ2) is 13.8. The lowest BCUT2D eigenvalue weighted by Crippen LogP contribution is -2.74. The molecule has 3 aliphatic carbocycles. The van der Waals surface area contributed by atoms with Gasteiger partial charge in [0.05, 0.1) is 49.1 Å². The maximum absolute atomic E-state index is 16.3. The van der Waals surface area contributed by atoms with Crippen LogP contribution >= 0.6 is 0 Å². The maximum Gasteiger partial charge on any atom is 0.258 e. The number of pyridine rings is 1. The van der Waals surface area contributed by atoms with Crippen LogP contribution in [0.1, 0.15) is 57.1 Å². The Balaban J connectivity index is 1.12. The van der Waals surface area contributed by atoms with Gasteiger partial charge in [-0.05, 0) is 69.2 Å². The molecule has 10 heteroatoms. The van der Waals surface area contributed by atoms with E-state index in [4.69, 9.17) is 9.47 Å². The molecule has 2 saturated heterocycles. The molecule has 5 fully saturated rings. The van der Waals surface area contributed by atoms with Crippen molar-refractivity contribution in [2.45, 2.75) is 94.3 Å². The number of halogens is 1. The number of amides is 1. The van der Waals surface area contributed by atoms with Crippen molar-refractivity contribution < 1.29 is 23.5 Å². The molecule has 246 valence electrons. The van der Waals surface area contributed by atoms with E-state index >= 15 is 4.39 Å². The number of nitrogens with zero attached hydrogens (tertiary/aromatic N) is 4. The second-order valence-electron chi connectivity index (χ2n) is 14.2. The fraction of sp³-hybridized carbons (Fsp3) is 0.743. The molecule has 3 aliphatic heterocycles. The molecule has 9 unspecified atom stereocenters. The van der Waals surface area contributed by atoms with E-state index in [0.29, 0.717) is 31.3 Å². The van der Waals surface area contributed by atoms with Crippen LogP contribution in [0.15, 0.2) is 36.2 Å². The van der Waals surface area contributed by atoms with E-state index < -0.39 is 24.2 Å². The first kappa shape index (κ1) is 31.2. The zero-order valence-corrected chi connectivity index (χ0v) is 26.7. The molecule has 0 spiro atoms. The molecule has 4 heterocycles. The number of ether oxygens (including phenoxy) is 2. The van der Waals surface area contributed by atoms with Crippen LogP contribution in [0, 0.1) is 17.8 Å². The first-order chi connectivity index (χ1) is 22.0. The molecular formula is C35H50FN5O4. The van der Waals surface area contributed by atoms with E-state index in [1.54, 1.807) is 18.1 Å². The van der Waals surface area contributed by atoms with Crippen LogP contribution in [0.25, 0.3) is 0 Å². The van der Waals surface area contributed by atoms with Gasteiger partial charge in [-0.2, -0.15) is 0 Å². The predicted octanol–water partition coefficient (Wildman–Crippen LogP) is 2.99. The summed E-state index contributed by atoms with van der Waals surface area (Å²) in [6.45, 7) is 5.55. The molecule has 0 aromatic carbocycles. The third-order valence-electron chi connectivity index (χ3n) is 11.6. The number of hydrogen-bond donors (Lipinski definition) is 1. The molecule has 1 aromatic rings. The number of aromatic nitrogens is 1. The first-order valence-corrected chi connectivity index (χ1v) is 17.5. The molecule has 1 N–H and O–H groups in total. The molecule has 3 saturated carbocycles. The molecule has 9 nitrogen and oxygen atoms in total. The highest BCUT2D eigenvalue weighted by atomic mass is 19.1. The van der Waals surface area contributed by atoms with Crippen molar-refractivity contribution in [2.24, 2.45) is 17.8 Å². The van der Waals surface area contributed by atoms with Crippen LogP contribution in [0.4, 0.5) is 4.39 Å². The van der Waals surface area contributed by atoms with Gasteiger partial charge in [0.2, 0.25) is 0 Å². The van der Waals surface area contributed by atoms with Crippen molar-refractivity contribution in [1.29, 1.82) is 0 Å². The largest absolute Gasteiger partial charge is 0.379 e. The minimum absolute atomic E-state index is 0.00316. The minimum atomic E-state index is -1.22. The zero-order chi connectivity index (χ0) is 30.9. The average molecular weight is 624 g/mol. The van der Waals surface area contributed by atoms with E-state index in [0.717, 1.165) is 64.2 Å². The Kier molecular flexibility index (Phi) is 9.54. The van der Waals surface area contributed by atoms with Crippen molar-refractivity contribution in [3.8, 4) is 0 Å². The summed E-state index contributed by atoms with van der Waals surface area (Å²) >= 11 is 0. The summed E-state index contributed by atoms with van der Waals surface area (Å²) in [6, 6.07) is 5.14. The highest BCUT2D eigenvalue weighted by Crippen LogP contribution is 2.50. The van der Waals surface area contributed by atoms with Gasteiger partial charge in [0, 0.05) is 57.1 Å². The molecule has 1 aromatic heterocycles. The monoisotopic (exact) mass is 623 g/mol. The quantitative estimate of drug-likeness (QED) is 0.332. The van der Waals surface area contributed by atoms with Crippen LogP contribution < -0.4 is 5.32 Å². The maximum atomic E-state index is 16.3. The predicted molar refractivity (Wildman–Crippen MR) is 168 cm³/mol. The highest BCUT2D eigenvalue weighted by Gasteiger charge is 2.60. The molecule has 6 aliphatic rings. The van der Waals surface area contributed by atoms with Crippen molar-refractivity contribution in [1.82, 2.24) is 25.0 Å². The van der Waals surface area contributed by atoms with E-state index in [-0.39, 0.29) is 41.9 Å². The summed E-state index contributed by atoms with van der Waals surface area (Å²) in [7, 11) is 1.75. The molecule has 45 heavy (non-hydrogen) atoms. The van der Waals surface area contributed by atoms with Crippen LogP contribution in [0.2, 0.25) is 0 Å². The summed E-state index contributed by atoms with van der Waals surface area (Å²) < 4.78 is 28.8. The number of Topliss-reactive ketones (excluding diaryl/α,β-unsaturated/α-hetero) is 1. The number of ketones is 1. The molecule has 9 atom stereocenters. The Morgan fingerprint density at radius 2 is 1.98 bits per heavy atom. The first-order valence-electron chi connectivity index (χ1n) is 17.5. The van der Waals surface area contributed by atoms with E-state index in [1.165, 1.54) is 19.3 Å². The number of fused-ring (bicyclic) bond motifs is 4. The van der Waals surface area contributed by atoms with Crippen LogP contribution in [-0.2, 0) is 25.5 Å². The van der Waals surface area contributed by atoms with Crippen LogP contribution in [0.3, 0.4) is 0 Å². The van der Waals surface area contributed by atoms with Gasteiger partial charge in [0.1, 0.15) is 6.17 Å². The van der Waals surface area contributed by atoms with E-state index in [9.17, 15) is 9.59 Å². The Hall–Kier alpha value is -2.40. The van der Waals surface area contributed by atoms with Gasteiger partial charge in [-0.15, -0.1) is 0 Å². The van der Waals surface area contributed by atoms with Gasteiger partial charge in [-0.3, -0.25) is 19.5 Å². The zero-order valence-electron chi connectivity index (χ0n) is 26.7. The summed E-state index contributed by atoms with van der Waals surface area (Å²) in [6.07, 6.45) is 10.6. The Morgan fingerprint density at radius 3 is 2.80 bits per heavy atom. The molecule has 0 bridgehead atoms. The normalized spacial score (nSPS) is 36.4. The fourth-order valence-corrected chi connectivity index (χ4v) is 9.29. The number of alkyl halides is 1. The summed E-state index contributed by atoms with van der Waals surface area (Å²) in [5, 5.41) is 3.57. The van der Waals surface area contributed by atoms with Gasteiger partial charge >= 0.3 is 0 Å². The van der Waals surface area contributed by atoms with Crippen LogP contribution in [0.5, 0.6) is 0 Å². The number of carbonyl (C=O) groups is 2. The van der Waals surface area contributed by atoms with Crippen molar-refractivity contribution in [3.05, 3.63) is 41.9 Å². The minimum Gasteiger partial charge on any atom is -0.379 e. The number of nitrogens with one attached hydrogen (secondary N) is 1. The van der Waals surface area contributed by atoms with Crippen molar-refractivity contribution in [3.63, 3.8) is 0 Å². The number of carbonyl (C=O) groups excluding carboxylic acids is 2. The molecule has 1 amide bonds. The Morgan fingerprint density at radius 1 is 1.13 bits per heavy atom. The smallest absolute Gasteiger partial charge is 0.258 e. The fourth-order valence-electron chi connectivity index (χ4n) is 9.29. The molecule has 0 radical (unpaired) electrons. The molecular weight excluding hydrogens is 573 g/mol. The Labute approximate surface area is 266 Å². The van der Waals surface area contributed by atoms with E-state index in [2.05, 4.69) is 20.1 Å². The summed E-state index contributed by atoms with van der Waals surface area (Å²) in [4.78, 5) is 38.7. The van der Waals surface area contributed by atoms with Gasteiger partial charge in [0.15, 0.2) is 5.78 Å². The SMILES string of the molecule is CN(CCc1ccccn1)C(=O)C1=CN2C3CCC4CCCCC4C3OC3C(NCCCN4CCOCC4)C(F)CC(C1=O)C32. The topological polar surface area (TPSA) is 87.2 Å². The Bertz CT molecular complexity index is 1230. The second-order valence-corrected chi connectivity index (χ2v) is 14.2. The summed E-state index contributed by atoms with van der Waals surface area (Å²) in [5.74, 6) is 0.00257. The van der Waals surface area contributed by atoms with Gasteiger partial charge < -0.3 is 24.6 Å². The summed E-state index contributed by atoms with van der Waals surface area (Å²) in [5.41, 5.74) is 1.11. The molecule has 7 rings (SSSR count). The average Bonchev–Trinajstić information content (AvgIpc) is 3.08.